The number of aliphatic hydroxyl groups excluding tert-OH is 1. The molecule has 0 saturated carbocycles. The van der Waals surface area contributed by atoms with Gasteiger partial charge in [0.15, 0.2) is 0 Å². The molecule has 4 aromatic rings. The summed E-state index contributed by atoms with van der Waals surface area (Å²) in [5.74, 6) is 0. The zero-order valence-electron chi connectivity index (χ0n) is 10.6. The van der Waals surface area contributed by atoms with Gasteiger partial charge in [-0.05, 0) is 44.3 Å². The molecule has 4 rings (SSSR count). The van der Waals surface area contributed by atoms with Crippen LogP contribution in [0.25, 0.3) is 32.3 Å². The SMILES string of the molecule is OCCc1cc2cccc3ccc4cccc1c4c32. The van der Waals surface area contributed by atoms with Crippen LogP contribution in [0, 0.1) is 0 Å². The van der Waals surface area contributed by atoms with E-state index < -0.39 is 0 Å². The minimum Gasteiger partial charge on any atom is -0.396 e. The Morgan fingerprint density at radius 1 is 0.737 bits per heavy atom. The van der Waals surface area contributed by atoms with Crippen LogP contribution in [-0.4, -0.2) is 11.7 Å². The Hall–Kier alpha value is -2.12. The molecule has 0 atom stereocenters. The van der Waals surface area contributed by atoms with Gasteiger partial charge in [0.2, 0.25) is 0 Å². The van der Waals surface area contributed by atoms with E-state index in [1.54, 1.807) is 0 Å². The van der Waals surface area contributed by atoms with Gasteiger partial charge in [-0.15, -0.1) is 0 Å². The van der Waals surface area contributed by atoms with Crippen LogP contribution in [0.3, 0.4) is 0 Å². The maximum atomic E-state index is 9.28. The Morgan fingerprint density at radius 3 is 2.21 bits per heavy atom. The molecule has 0 saturated heterocycles. The molecule has 0 aromatic heterocycles. The zero-order valence-corrected chi connectivity index (χ0v) is 10.6. The standard InChI is InChI=1S/C18H14O/c19-10-9-14-11-15-5-1-3-12-7-8-13-4-2-6-16(14)18(13)17(12)15/h1-8,11,19H,9-10H2. The molecule has 1 heteroatoms. The molecule has 92 valence electrons. The first-order valence-electron chi connectivity index (χ1n) is 6.65. The Balaban J connectivity index is 2.31. The summed E-state index contributed by atoms with van der Waals surface area (Å²) in [4.78, 5) is 0. The molecule has 0 aliphatic heterocycles. The molecule has 0 radical (unpaired) electrons. The third kappa shape index (κ3) is 1.45. The number of rotatable bonds is 2. The van der Waals surface area contributed by atoms with Crippen LogP contribution < -0.4 is 0 Å². The van der Waals surface area contributed by atoms with Crippen LogP contribution in [0.4, 0.5) is 0 Å². The van der Waals surface area contributed by atoms with Gasteiger partial charge < -0.3 is 5.11 Å². The van der Waals surface area contributed by atoms with Crippen LogP contribution in [0.2, 0.25) is 0 Å². The number of aliphatic hydroxyl groups is 1. The van der Waals surface area contributed by atoms with Gasteiger partial charge in [-0.3, -0.25) is 0 Å². The van der Waals surface area contributed by atoms with E-state index >= 15 is 0 Å². The summed E-state index contributed by atoms with van der Waals surface area (Å²) in [6.45, 7) is 0.195. The largest absolute Gasteiger partial charge is 0.396 e. The van der Waals surface area contributed by atoms with Crippen LogP contribution in [0.15, 0.2) is 54.6 Å². The quantitative estimate of drug-likeness (QED) is 0.527. The average Bonchev–Trinajstić information content (AvgIpc) is 2.46. The molecule has 0 heterocycles. The Morgan fingerprint density at radius 2 is 1.42 bits per heavy atom. The summed E-state index contributed by atoms with van der Waals surface area (Å²) in [5.41, 5.74) is 1.24. The van der Waals surface area contributed by atoms with E-state index in [9.17, 15) is 5.11 Å². The fourth-order valence-electron chi connectivity index (χ4n) is 3.16. The van der Waals surface area contributed by atoms with Crippen molar-refractivity contribution in [3.63, 3.8) is 0 Å². The minimum atomic E-state index is 0.195. The summed E-state index contributed by atoms with van der Waals surface area (Å²) in [7, 11) is 0. The van der Waals surface area contributed by atoms with Crippen molar-refractivity contribution < 1.29 is 5.11 Å². The molecule has 19 heavy (non-hydrogen) atoms. The average molecular weight is 246 g/mol. The highest BCUT2D eigenvalue weighted by Crippen LogP contribution is 2.36. The highest BCUT2D eigenvalue weighted by Gasteiger charge is 2.10. The fourth-order valence-corrected chi connectivity index (χ4v) is 3.16. The number of hydrogen-bond donors (Lipinski definition) is 1. The molecule has 0 bridgehead atoms. The first kappa shape index (κ1) is 10.8. The van der Waals surface area contributed by atoms with Crippen molar-refractivity contribution in [3.05, 3.63) is 60.2 Å². The smallest absolute Gasteiger partial charge is 0.0471 e. The predicted octanol–water partition coefficient (Wildman–Crippen LogP) is 4.12. The monoisotopic (exact) mass is 246 g/mol. The summed E-state index contributed by atoms with van der Waals surface area (Å²) in [6.07, 6.45) is 0.712. The second kappa shape index (κ2) is 3.94. The van der Waals surface area contributed by atoms with Gasteiger partial charge >= 0.3 is 0 Å². The van der Waals surface area contributed by atoms with Crippen LogP contribution in [-0.2, 0) is 6.42 Å². The summed E-state index contributed by atoms with van der Waals surface area (Å²) in [5, 5.41) is 17.1. The summed E-state index contributed by atoms with van der Waals surface area (Å²) < 4.78 is 0. The molecular formula is C18H14O. The first-order chi connectivity index (χ1) is 9.38. The maximum Gasteiger partial charge on any atom is 0.0471 e. The third-order valence-corrected chi connectivity index (χ3v) is 3.97. The highest BCUT2D eigenvalue weighted by atomic mass is 16.2. The van der Waals surface area contributed by atoms with Crippen molar-refractivity contribution in [3.8, 4) is 0 Å². The molecule has 0 fully saturated rings. The number of benzene rings is 4. The molecule has 0 amide bonds. The predicted molar refractivity (Wildman–Crippen MR) is 80.9 cm³/mol. The lowest BCUT2D eigenvalue weighted by molar-refractivity contribution is 0.300. The number of hydrogen-bond acceptors (Lipinski definition) is 1. The lowest BCUT2D eigenvalue weighted by Gasteiger charge is -2.13. The Labute approximate surface area is 111 Å². The van der Waals surface area contributed by atoms with Gasteiger partial charge in [0, 0.05) is 6.61 Å². The van der Waals surface area contributed by atoms with Gasteiger partial charge in [0.05, 0.1) is 0 Å². The summed E-state index contributed by atoms with van der Waals surface area (Å²) >= 11 is 0. The topological polar surface area (TPSA) is 20.2 Å². The minimum absolute atomic E-state index is 0.195. The Bertz CT molecular complexity index is 877. The lowest BCUT2D eigenvalue weighted by atomic mass is 9.90. The normalized spacial score (nSPS) is 11.8. The van der Waals surface area contributed by atoms with Gasteiger partial charge in [0.1, 0.15) is 0 Å². The van der Waals surface area contributed by atoms with Gasteiger partial charge in [-0.1, -0.05) is 54.6 Å². The van der Waals surface area contributed by atoms with E-state index in [0.717, 1.165) is 0 Å². The van der Waals surface area contributed by atoms with Gasteiger partial charge in [0.25, 0.3) is 0 Å². The van der Waals surface area contributed by atoms with Gasteiger partial charge in [-0.2, -0.15) is 0 Å². The molecule has 1 N–H and O–H groups in total. The molecule has 0 spiro atoms. The van der Waals surface area contributed by atoms with Crippen molar-refractivity contribution >= 4 is 32.3 Å². The second-order valence-corrected chi connectivity index (χ2v) is 5.06. The fraction of sp³-hybridized carbons (Fsp3) is 0.111. The van der Waals surface area contributed by atoms with Crippen molar-refractivity contribution in [1.29, 1.82) is 0 Å². The van der Waals surface area contributed by atoms with Crippen molar-refractivity contribution in [2.75, 3.05) is 6.61 Å². The molecular weight excluding hydrogens is 232 g/mol. The first-order valence-corrected chi connectivity index (χ1v) is 6.65. The maximum absolute atomic E-state index is 9.28. The second-order valence-electron chi connectivity index (χ2n) is 5.06. The summed E-state index contributed by atoms with van der Waals surface area (Å²) in [6, 6.07) is 19.5. The van der Waals surface area contributed by atoms with E-state index in [-0.39, 0.29) is 6.61 Å². The van der Waals surface area contributed by atoms with E-state index in [2.05, 4.69) is 54.6 Å². The zero-order chi connectivity index (χ0) is 12.8. The molecule has 4 aromatic carbocycles. The molecule has 0 aliphatic rings. The van der Waals surface area contributed by atoms with Crippen LogP contribution >= 0.6 is 0 Å². The third-order valence-electron chi connectivity index (χ3n) is 3.97. The Kier molecular flexibility index (Phi) is 2.23. The molecule has 0 aliphatic carbocycles. The van der Waals surface area contributed by atoms with E-state index in [4.69, 9.17) is 0 Å². The van der Waals surface area contributed by atoms with E-state index in [0.29, 0.717) is 6.42 Å². The lowest BCUT2D eigenvalue weighted by Crippen LogP contribution is -1.94. The molecule has 1 nitrogen and oxygen atoms in total. The van der Waals surface area contributed by atoms with Crippen LogP contribution in [0.1, 0.15) is 5.56 Å². The molecule has 0 unspecified atom stereocenters. The van der Waals surface area contributed by atoms with Gasteiger partial charge in [-0.25, -0.2) is 0 Å². The van der Waals surface area contributed by atoms with Crippen molar-refractivity contribution in [2.45, 2.75) is 6.42 Å². The highest BCUT2D eigenvalue weighted by molar-refractivity contribution is 6.23. The van der Waals surface area contributed by atoms with E-state index in [1.807, 2.05) is 0 Å². The van der Waals surface area contributed by atoms with Crippen molar-refractivity contribution in [2.24, 2.45) is 0 Å². The van der Waals surface area contributed by atoms with E-state index in [1.165, 1.54) is 37.9 Å². The van der Waals surface area contributed by atoms with Crippen LogP contribution in [0.5, 0.6) is 0 Å². The van der Waals surface area contributed by atoms with Crippen molar-refractivity contribution in [1.82, 2.24) is 0 Å².